The zero-order chi connectivity index (χ0) is 70.3. The monoisotopic (exact) mass is 1390 g/mol. The van der Waals surface area contributed by atoms with Crippen LogP contribution in [0.4, 0.5) is 0 Å². The van der Waals surface area contributed by atoms with E-state index in [1.54, 1.807) is 27.7 Å². The van der Waals surface area contributed by atoms with Crippen molar-refractivity contribution in [2.45, 2.75) is 299 Å². The number of carbonyl (C=O) groups excluding carboxylic acids is 6. The summed E-state index contributed by atoms with van der Waals surface area (Å²) in [5.41, 5.74) is -1.67. The summed E-state index contributed by atoms with van der Waals surface area (Å²) in [6.07, 6.45) is -0.765. The van der Waals surface area contributed by atoms with Crippen LogP contribution in [0.1, 0.15) is 208 Å². The lowest BCUT2D eigenvalue weighted by Crippen LogP contribution is -2.64. The number of hydrogen-bond donors (Lipinski definition) is 15. The predicted octanol–water partition coefficient (Wildman–Crippen LogP) is 2.05. The van der Waals surface area contributed by atoms with Gasteiger partial charge in [-0.15, -0.1) is 0 Å². The van der Waals surface area contributed by atoms with Crippen LogP contribution in [-0.2, 0) is 66.3 Å². The van der Waals surface area contributed by atoms with Gasteiger partial charge in [0.25, 0.3) is 0 Å². The van der Waals surface area contributed by atoms with Crippen molar-refractivity contribution in [2.24, 2.45) is 11.8 Å². The summed E-state index contributed by atoms with van der Waals surface area (Å²) >= 11 is 0. The van der Waals surface area contributed by atoms with Crippen LogP contribution in [0.15, 0.2) is 0 Å². The number of Topliss-reactive ketones (excluding diaryl/α,β-unsaturated/α-hetero) is 1. The zero-order valence-electron chi connectivity index (χ0n) is 57.0. The number of unbranched alkanes of at least 4 members (excludes halogenated alkanes) is 13. The average Bonchev–Trinajstić information content (AvgIpc) is 0.837. The first-order valence-electron chi connectivity index (χ1n) is 34.9. The molecule has 3 saturated heterocycles. The summed E-state index contributed by atoms with van der Waals surface area (Å²) in [7, 11) is -3.63. The maximum atomic E-state index is 14.0. The highest BCUT2D eigenvalue weighted by atomic mass is 31.2. The Balaban J connectivity index is 1.63. The molecule has 0 spiro atoms. The minimum atomic E-state index is -3.63. The van der Waals surface area contributed by atoms with Crippen molar-refractivity contribution in [3.8, 4) is 0 Å². The Morgan fingerprint density at radius 1 is 0.453 bits per heavy atom. The summed E-state index contributed by atoms with van der Waals surface area (Å²) in [5.74, 6) is -2.77. The van der Waals surface area contributed by atoms with Crippen LogP contribution in [0.2, 0.25) is 0 Å². The third-order valence-corrected chi connectivity index (χ3v) is 19.8. The van der Waals surface area contributed by atoms with E-state index in [1.807, 2.05) is 0 Å². The van der Waals surface area contributed by atoms with Gasteiger partial charge in [0.05, 0.1) is 44.3 Å². The summed E-state index contributed by atoms with van der Waals surface area (Å²) in [4.78, 5) is 89.5. The molecule has 3 fully saturated rings. The molecule has 0 aromatic rings. The third-order valence-electron chi connectivity index (χ3n) is 17.9. The number of rotatable bonds is 52. The van der Waals surface area contributed by atoms with Gasteiger partial charge in [0.15, 0.2) is 18.9 Å². The van der Waals surface area contributed by atoms with Crippen LogP contribution < -0.4 is 26.6 Å². The van der Waals surface area contributed by atoms with E-state index in [4.69, 9.17) is 32.9 Å². The number of nitrogens with one attached hydrogen (secondary N) is 5. The Bertz CT molecular complexity index is 2160. The molecule has 0 aromatic carbocycles. The van der Waals surface area contributed by atoms with Gasteiger partial charge in [-0.05, 0) is 77.0 Å². The lowest BCUT2D eigenvalue weighted by Gasteiger charge is -2.42. The van der Waals surface area contributed by atoms with E-state index < -0.39 is 142 Å². The van der Waals surface area contributed by atoms with E-state index >= 15 is 0 Å². The van der Waals surface area contributed by atoms with Crippen molar-refractivity contribution in [2.75, 3.05) is 65.9 Å². The molecular weight excluding hydrogens is 1270 g/mol. The van der Waals surface area contributed by atoms with Crippen molar-refractivity contribution in [1.29, 1.82) is 0 Å². The van der Waals surface area contributed by atoms with E-state index in [9.17, 15) is 84.2 Å². The molecule has 5 amide bonds. The molecule has 0 saturated carbocycles. The Labute approximate surface area is 561 Å². The highest BCUT2D eigenvalue weighted by molar-refractivity contribution is 7.53. The first-order chi connectivity index (χ1) is 45.3. The van der Waals surface area contributed by atoms with Crippen molar-refractivity contribution < 1.29 is 117 Å². The first kappa shape index (κ1) is 85.8. The molecule has 3 aliphatic rings. The second-order valence-corrected chi connectivity index (χ2v) is 28.6. The molecule has 0 aliphatic carbocycles. The maximum absolute atomic E-state index is 14.0. The molecule has 29 nitrogen and oxygen atoms in total. The van der Waals surface area contributed by atoms with E-state index in [-0.39, 0.29) is 101 Å². The molecule has 15 N–H and O–H groups in total. The molecule has 17 atom stereocenters. The van der Waals surface area contributed by atoms with Gasteiger partial charge < -0.3 is 110 Å². The average molecular weight is 1390 g/mol. The van der Waals surface area contributed by atoms with E-state index in [1.165, 1.54) is 6.92 Å². The Morgan fingerprint density at radius 3 is 1.26 bits per heavy atom. The van der Waals surface area contributed by atoms with E-state index in [0.717, 1.165) is 44.9 Å². The smallest absolute Gasteiger partial charge is 0.330 e. The van der Waals surface area contributed by atoms with Crippen molar-refractivity contribution >= 4 is 42.9 Å². The van der Waals surface area contributed by atoms with Gasteiger partial charge in [-0.3, -0.25) is 33.3 Å². The Hall–Kier alpha value is -3.43. The lowest BCUT2D eigenvalue weighted by atomic mass is 9.82. The fraction of sp³-hybridized carbons (Fsp3) is 0.908. The zero-order valence-corrected chi connectivity index (χ0v) is 57.9. The molecule has 3 rings (SSSR count). The predicted molar refractivity (Wildman–Crippen MR) is 348 cm³/mol. The summed E-state index contributed by atoms with van der Waals surface area (Å²) < 4.78 is 51.6. The first-order valence-corrected chi connectivity index (χ1v) is 36.5. The van der Waals surface area contributed by atoms with Gasteiger partial charge in [0.2, 0.25) is 29.5 Å². The van der Waals surface area contributed by atoms with Gasteiger partial charge in [0.1, 0.15) is 54.6 Å². The van der Waals surface area contributed by atoms with Crippen LogP contribution in [0, 0.1) is 11.8 Å². The van der Waals surface area contributed by atoms with Crippen LogP contribution in [0.25, 0.3) is 0 Å². The van der Waals surface area contributed by atoms with Gasteiger partial charge in [-0.25, -0.2) is 0 Å². The van der Waals surface area contributed by atoms with Gasteiger partial charge in [0, 0.05) is 102 Å². The summed E-state index contributed by atoms with van der Waals surface area (Å²) in [6, 6.07) is -1.06. The van der Waals surface area contributed by atoms with Gasteiger partial charge in [-0.2, -0.15) is 0 Å². The number of carbonyl (C=O) groups is 6. The van der Waals surface area contributed by atoms with Crippen LogP contribution in [-0.4, -0.2) is 243 Å². The van der Waals surface area contributed by atoms with Crippen molar-refractivity contribution in [3.05, 3.63) is 0 Å². The normalized spacial score (nSPS) is 27.5. The number of amides is 5. The van der Waals surface area contributed by atoms with Gasteiger partial charge >= 0.3 is 7.60 Å². The Kier molecular flexibility index (Phi) is 43.0. The second kappa shape index (κ2) is 47.6. The molecule has 95 heavy (non-hydrogen) atoms. The Morgan fingerprint density at radius 2 is 0.821 bits per heavy atom. The van der Waals surface area contributed by atoms with Crippen LogP contribution in [0.3, 0.4) is 0 Å². The number of hydrogen-bond acceptors (Lipinski definition) is 23. The molecule has 0 radical (unpaired) electrons. The van der Waals surface area contributed by atoms with Crippen molar-refractivity contribution in [3.63, 3.8) is 0 Å². The van der Waals surface area contributed by atoms with E-state index in [2.05, 4.69) is 26.6 Å². The second-order valence-electron chi connectivity index (χ2n) is 26.2. The quantitative estimate of drug-likeness (QED) is 0.0306. The fourth-order valence-corrected chi connectivity index (χ4v) is 12.3. The van der Waals surface area contributed by atoms with E-state index in [0.29, 0.717) is 97.1 Å². The lowest BCUT2D eigenvalue weighted by molar-refractivity contribution is -0.282. The SMILES string of the molecule is CC(=O)NC1[C@H](OCCCCCCNC(=O)CCC(CCC(=O)CCCCCCCO[C@@H]2OC(CO)[C@H](O)[C@H](O)C2C)(CCC(=O)NCCCCCCO[C@@H]2OC(CO)[C@H](O)[C@H](O)C2C)NC(=O)CCCC(=O)NCCCCCCOP(=O)(O)C(C)C)OC(CO)[C@H](O)[C@@H]1O. The minimum absolute atomic E-state index is 0.0381. The van der Waals surface area contributed by atoms with Gasteiger partial charge in [-0.1, -0.05) is 85.5 Å². The van der Waals surface area contributed by atoms with Crippen molar-refractivity contribution in [1.82, 2.24) is 26.6 Å². The standard InChI is InChI=1S/C65H120N5O24P/c1-43(2)95(86,87)91-39-22-14-10-18-33-66-51(76)25-23-26-54(79)70-65(30-27-47(75)24-15-7-6-11-19-36-88-62-44(3)56(80)58(82)48(40-71)92-62,31-28-52(77)67-34-16-8-12-20-37-89-63-45(4)57(81)59(83)49(41-72)93-63)32-29-53(78)68-35-17-9-13-21-38-90-64-55(69-46(5)74)61(85)60(84)50(42-73)94-64/h43-45,48-50,55-64,71-73,80-85H,6-42H2,1-5H3,(H,66,76)(H,67,77)(H,68,78)(H,69,74)(H,70,79)(H,86,87)/t44?,45?,48?,49?,50?,55?,56-,57-,58+,59+,60+,61-,62-,63-,64-,65?/m1/s1. The molecule has 3 heterocycles. The maximum Gasteiger partial charge on any atom is 0.330 e. The number of aliphatic hydroxyl groups excluding tert-OH is 9. The van der Waals surface area contributed by atoms with Crippen LogP contribution in [0.5, 0.6) is 0 Å². The summed E-state index contributed by atoms with van der Waals surface area (Å²) in [6.45, 7) is 8.47. The largest absolute Gasteiger partial charge is 0.394 e. The molecule has 8 unspecified atom stereocenters. The molecule has 0 bridgehead atoms. The number of aliphatic hydroxyl groups is 9. The highest BCUT2D eigenvalue weighted by Crippen LogP contribution is 2.47. The molecule has 0 aromatic heterocycles. The molecule has 3 aliphatic heterocycles. The third kappa shape index (κ3) is 33.1. The summed E-state index contributed by atoms with van der Waals surface area (Å²) in [5, 5.41) is 105. The topological polar surface area (TPSA) is 447 Å². The number of ether oxygens (including phenoxy) is 6. The van der Waals surface area contributed by atoms with Crippen LogP contribution >= 0.6 is 7.60 Å². The fourth-order valence-electron chi connectivity index (χ4n) is 11.6. The minimum Gasteiger partial charge on any atom is -0.394 e. The molecule has 554 valence electrons. The molecule has 30 heteroatoms. The molecular formula is C65H120N5O24P. The highest BCUT2D eigenvalue weighted by Gasteiger charge is 2.46. The number of ketones is 1.